The van der Waals surface area contributed by atoms with Crippen LogP contribution in [0.5, 0.6) is 11.5 Å². The van der Waals surface area contributed by atoms with Crippen molar-refractivity contribution in [2.45, 2.75) is 20.0 Å². The molecule has 0 radical (unpaired) electrons. The van der Waals surface area contributed by atoms with Crippen LogP contribution in [0.1, 0.15) is 23.6 Å². The van der Waals surface area contributed by atoms with Crippen molar-refractivity contribution in [1.29, 1.82) is 5.26 Å². The Labute approximate surface area is 215 Å². The number of rotatable bonds is 8. The van der Waals surface area contributed by atoms with Crippen molar-refractivity contribution in [3.05, 3.63) is 91.0 Å². The van der Waals surface area contributed by atoms with Gasteiger partial charge in [0.1, 0.15) is 18.2 Å². The number of ether oxygens (including phenoxy) is 2. The second-order valence-electron chi connectivity index (χ2n) is 7.09. The predicted molar refractivity (Wildman–Crippen MR) is 142 cm³/mol. The molecule has 0 spiro atoms. The number of benzene rings is 3. The highest BCUT2D eigenvalue weighted by atomic mass is 127. The molecule has 0 saturated heterocycles. The van der Waals surface area contributed by atoms with Crippen LogP contribution in [0.2, 0.25) is 0 Å². The van der Waals surface area contributed by atoms with Crippen molar-refractivity contribution >= 4 is 56.2 Å². The number of hydrogen-bond acceptors (Lipinski definition) is 4. The fourth-order valence-corrected chi connectivity index (χ4v) is 4.25. The maximum atomic E-state index is 12.6. The first-order valence-corrected chi connectivity index (χ1v) is 12.1. The van der Waals surface area contributed by atoms with E-state index in [1.54, 1.807) is 13.2 Å². The maximum Gasteiger partial charge on any atom is 0.266 e. The van der Waals surface area contributed by atoms with Crippen LogP contribution >= 0.6 is 38.5 Å². The number of nitrogens with one attached hydrogen (secondary N) is 1. The van der Waals surface area contributed by atoms with Crippen LogP contribution in [-0.4, -0.2) is 13.0 Å². The minimum atomic E-state index is -0.468. The standard InChI is InChI=1S/C26H22BrIN2O3/c1-3-17-8-10-21(11-9-17)30-26(31)20(15-29)12-18-13-23(28)25(24(14-18)32-2)33-16-19-6-4-5-7-22(19)27/h4-14H,3,16H2,1-2H3,(H,30,31)/b20-12+. The van der Waals surface area contributed by atoms with E-state index in [4.69, 9.17) is 9.47 Å². The van der Waals surface area contributed by atoms with Gasteiger partial charge in [0.2, 0.25) is 0 Å². The fourth-order valence-electron chi connectivity index (χ4n) is 3.07. The molecule has 0 atom stereocenters. The number of methoxy groups -OCH3 is 1. The number of carbonyl (C=O) groups is 1. The Hall–Kier alpha value is -2.83. The lowest BCUT2D eigenvalue weighted by Crippen LogP contribution is -2.13. The Kier molecular flexibility index (Phi) is 8.92. The summed E-state index contributed by atoms with van der Waals surface area (Å²) in [5, 5.41) is 12.3. The van der Waals surface area contributed by atoms with Gasteiger partial charge >= 0.3 is 0 Å². The molecule has 0 bridgehead atoms. The van der Waals surface area contributed by atoms with Gasteiger partial charge in [-0.2, -0.15) is 5.26 Å². The normalized spacial score (nSPS) is 10.9. The average molecular weight is 617 g/mol. The lowest BCUT2D eigenvalue weighted by molar-refractivity contribution is -0.112. The van der Waals surface area contributed by atoms with Gasteiger partial charge in [0.25, 0.3) is 5.91 Å². The third-order valence-corrected chi connectivity index (χ3v) is 6.45. The molecule has 1 N–H and O–H groups in total. The van der Waals surface area contributed by atoms with Crippen LogP contribution in [0.25, 0.3) is 6.08 Å². The van der Waals surface area contributed by atoms with Gasteiger partial charge < -0.3 is 14.8 Å². The van der Waals surface area contributed by atoms with E-state index in [9.17, 15) is 10.1 Å². The van der Waals surface area contributed by atoms with Gasteiger partial charge in [0, 0.05) is 15.7 Å². The molecule has 1 amide bonds. The molecule has 0 fully saturated rings. The summed E-state index contributed by atoms with van der Waals surface area (Å²) in [7, 11) is 1.56. The Bertz CT molecular complexity index is 1220. The molecule has 3 rings (SSSR count). The third-order valence-electron chi connectivity index (χ3n) is 4.88. The summed E-state index contributed by atoms with van der Waals surface area (Å²) in [6.07, 6.45) is 2.46. The highest BCUT2D eigenvalue weighted by molar-refractivity contribution is 14.1. The quantitative estimate of drug-likeness (QED) is 0.173. The van der Waals surface area contributed by atoms with E-state index in [0.29, 0.717) is 29.4 Å². The maximum absolute atomic E-state index is 12.6. The predicted octanol–water partition coefficient (Wildman–Crippen LogP) is 6.75. The van der Waals surface area contributed by atoms with E-state index >= 15 is 0 Å². The zero-order chi connectivity index (χ0) is 23.8. The Morgan fingerprint density at radius 3 is 2.55 bits per heavy atom. The van der Waals surface area contributed by atoms with Crippen LogP contribution in [0.4, 0.5) is 5.69 Å². The first kappa shape index (κ1) is 24.8. The van der Waals surface area contributed by atoms with E-state index in [1.807, 2.05) is 60.7 Å². The lowest BCUT2D eigenvalue weighted by Gasteiger charge is -2.14. The highest BCUT2D eigenvalue weighted by Crippen LogP contribution is 2.35. The Morgan fingerprint density at radius 2 is 1.91 bits per heavy atom. The van der Waals surface area contributed by atoms with Crippen molar-refractivity contribution in [2.75, 3.05) is 12.4 Å². The van der Waals surface area contributed by atoms with Crippen LogP contribution < -0.4 is 14.8 Å². The highest BCUT2D eigenvalue weighted by Gasteiger charge is 2.15. The molecule has 0 aliphatic carbocycles. The molecule has 7 heteroatoms. The number of aryl methyl sites for hydroxylation is 1. The van der Waals surface area contributed by atoms with Gasteiger partial charge in [-0.25, -0.2) is 0 Å². The zero-order valence-corrected chi connectivity index (χ0v) is 21.9. The van der Waals surface area contributed by atoms with E-state index in [1.165, 1.54) is 11.6 Å². The second-order valence-corrected chi connectivity index (χ2v) is 9.11. The summed E-state index contributed by atoms with van der Waals surface area (Å²) in [6.45, 7) is 2.43. The largest absolute Gasteiger partial charge is 0.493 e. The molecule has 0 unspecified atom stereocenters. The van der Waals surface area contributed by atoms with E-state index < -0.39 is 5.91 Å². The second kappa shape index (κ2) is 11.9. The van der Waals surface area contributed by atoms with Crippen LogP contribution in [0.15, 0.2) is 70.7 Å². The summed E-state index contributed by atoms with van der Waals surface area (Å²) in [4.78, 5) is 12.6. The first-order chi connectivity index (χ1) is 15.9. The molecule has 168 valence electrons. The van der Waals surface area contributed by atoms with Crippen LogP contribution in [-0.2, 0) is 17.8 Å². The number of nitriles is 1. The summed E-state index contributed by atoms with van der Waals surface area (Å²) >= 11 is 5.68. The van der Waals surface area contributed by atoms with Gasteiger partial charge in [0.05, 0.1) is 10.7 Å². The molecule has 0 aliphatic heterocycles. The fraction of sp³-hybridized carbons (Fsp3) is 0.154. The Balaban J connectivity index is 1.80. The topological polar surface area (TPSA) is 71.4 Å². The minimum absolute atomic E-state index is 0.00527. The number of halogens is 2. The van der Waals surface area contributed by atoms with Gasteiger partial charge in [-0.1, -0.05) is 53.2 Å². The summed E-state index contributed by atoms with van der Waals surface area (Å²) in [6, 6.07) is 21.0. The van der Waals surface area contributed by atoms with E-state index in [2.05, 4.69) is 50.8 Å². The zero-order valence-electron chi connectivity index (χ0n) is 18.2. The van der Waals surface area contributed by atoms with Crippen molar-refractivity contribution in [2.24, 2.45) is 0 Å². The van der Waals surface area contributed by atoms with Crippen molar-refractivity contribution in [3.8, 4) is 17.6 Å². The molecular weight excluding hydrogens is 595 g/mol. The van der Waals surface area contributed by atoms with Gasteiger partial charge in [-0.3, -0.25) is 4.79 Å². The average Bonchev–Trinajstić information content (AvgIpc) is 2.82. The van der Waals surface area contributed by atoms with Crippen molar-refractivity contribution in [1.82, 2.24) is 0 Å². The number of amides is 1. The van der Waals surface area contributed by atoms with Gasteiger partial charge in [0.15, 0.2) is 11.5 Å². The van der Waals surface area contributed by atoms with Crippen molar-refractivity contribution < 1.29 is 14.3 Å². The molecule has 0 aromatic heterocycles. The SMILES string of the molecule is CCc1ccc(NC(=O)/C(C#N)=C/c2cc(I)c(OCc3ccccc3Br)c(OC)c2)cc1. The number of nitrogens with zero attached hydrogens (tertiary/aromatic N) is 1. The summed E-state index contributed by atoms with van der Waals surface area (Å²) < 4.78 is 13.3. The molecule has 5 nitrogen and oxygen atoms in total. The summed E-state index contributed by atoms with van der Waals surface area (Å²) in [5.74, 6) is 0.656. The van der Waals surface area contributed by atoms with E-state index in [-0.39, 0.29) is 5.57 Å². The van der Waals surface area contributed by atoms with Crippen molar-refractivity contribution in [3.63, 3.8) is 0 Å². The Morgan fingerprint density at radius 1 is 1.18 bits per heavy atom. The number of anilines is 1. The molecular formula is C26H22BrIN2O3. The third kappa shape index (κ3) is 6.59. The number of carbonyl (C=O) groups excluding carboxylic acids is 1. The molecule has 0 saturated carbocycles. The smallest absolute Gasteiger partial charge is 0.266 e. The van der Waals surface area contributed by atoms with E-state index in [0.717, 1.165) is 20.0 Å². The molecule has 0 aliphatic rings. The van der Waals surface area contributed by atoms with Gasteiger partial charge in [-0.05, 0) is 76.5 Å². The molecule has 33 heavy (non-hydrogen) atoms. The number of hydrogen-bond donors (Lipinski definition) is 1. The van der Waals surface area contributed by atoms with Crippen LogP contribution in [0, 0.1) is 14.9 Å². The lowest BCUT2D eigenvalue weighted by atomic mass is 10.1. The molecule has 3 aromatic rings. The van der Waals surface area contributed by atoms with Crippen LogP contribution in [0.3, 0.4) is 0 Å². The first-order valence-electron chi connectivity index (χ1n) is 10.2. The minimum Gasteiger partial charge on any atom is -0.493 e. The van der Waals surface area contributed by atoms with Gasteiger partial charge in [-0.15, -0.1) is 0 Å². The molecule has 0 heterocycles. The summed E-state index contributed by atoms with van der Waals surface area (Å²) in [5.41, 5.74) is 3.48. The monoisotopic (exact) mass is 616 g/mol. The molecule has 3 aromatic carbocycles.